The van der Waals surface area contributed by atoms with Crippen molar-refractivity contribution in [1.82, 2.24) is 0 Å². The van der Waals surface area contributed by atoms with Gasteiger partial charge in [0.25, 0.3) is 0 Å². The van der Waals surface area contributed by atoms with Crippen LogP contribution in [0.5, 0.6) is 28.7 Å². The number of hydrogen-bond acceptors (Lipinski definition) is 16. The standard InChI is InChI=1S/C27H30O16/c1-8-17(33)21(37)25(43-26-22(38)20(36)18(34)15(7-28)41-26)27(39-8)42-24-19(35)16-13(32)5-10(29)6-14(16)40-23(24)9-2-3-11(30)12(31)4-9/h2-6,8,15,17-18,20-22,25-34,36-38H,7H2,1H3/t8-,15-,17-,18+,20-,21-,22+,25-,26+,27-/m0/s1. The number of ether oxygens (including phenoxy) is 4. The van der Waals surface area contributed by atoms with Crippen molar-refractivity contribution in [2.75, 3.05) is 6.61 Å². The van der Waals surface area contributed by atoms with Crippen molar-refractivity contribution in [3.63, 3.8) is 0 Å². The summed E-state index contributed by atoms with van der Waals surface area (Å²) in [6.07, 6.45) is -16.8. The fraction of sp³-hybridized carbons (Fsp3) is 0.444. The summed E-state index contributed by atoms with van der Waals surface area (Å²) in [5.74, 6) is -3.29. The summed E-state index contributed by atoms with van der Waals surface area (Å²) in [4.78, 5) is 13.7. The van der Waals surface area contributed by atoms with E-state index in [1.165, 1.54) is 13.0 Å². The molecule has 16 heteroatoms. The molecule has 0 radical (unpaired) electrons. The van der Waals surface area contributed by atoms with Crippen molar-refractivity contribution in [3.8, 4) is 40.1 Å². The van der Waals surface area contributed by atoms with Crippen molar-refractivity contribution in [2.45, 2.75) is 68.3 Å². The lowest BCUT2D eigenvalue weighted by atomic mass is 9.97. The predicted molar refractivity (Wildman–Crippen MR) is 140 cm³/mol. The van der Waals surface area contributed by atoms with Gasteiger partial charge < -0.3 is 74.4 Å². The summed E-state index contributed by atoms with van der Waals surface area (Å²) >= 11 is 0. The molecule has 234 valence electrons. The van der Waals surface area contributed by atoms with E-state index in [9.17, 15) is 55.9 Å². The normalized spacial score (nSPS) is 33.0. The van der Waals surface area contributed by atoms with Crippen LogP contribution < -0.4 is 10.2 Å². The minimum absolute atomic E-state index is 0.0250. The first-order valence-electron chi connectivity index (χ1n) is 13.0. The number of phenols is 4. The van der Waals surface area contributed by atoms with Crippen molar-refractivity contribution >= 4 is 11.0 Å². The zero-order chi connectivity index (χ0) is 31.3. The average molecular weight is 611 g/mol. The Kier molecular flexibility index (Phi) is 8.41. The van der Waals surface area contributed by atoms with Gasteiger partial charge in [0.2, 0.25) is 17.5 Å². The highest BCUT2D eigenvalue weighted by Gasteiger charge is 2.51. The molecule has 0 saturated carbocycles. The van der Waals surface area contributed by atoms with Gasteiger partial charge in [-0.2, -0.15) is 0 Å². The van der Waals surface area contributed by atoms with Gasteiger partial charge in [-0.3, -0.25) is 4.79 Å². The molecule has 0 aliphatic carbocycles. The van der Waals surface area contributed by atoms with Crippen molar-refractivity contribution in [1.29, 1.82) is 0 Å². The third-order valence-electron chi connectivity index (χ3n) is 7.31. The van der Waals surface area contributed by atoms with E-state index < -0.39 is 108 Å². The highest BCUT2D eigenvalue weighted by molar-refractivity contribution is 5.88. The molecule has 2 aliphatic heterocycles. The molecule has 10 atom stereocenters. The zero-order valence-electron chi connectivity index (χ0n) is 22.3. The molecule has 3 aromatic rings. The van der Waals surface area contributed by atoms with Gasteiger partial charge in [-0.15, -0.1) is 0 Å². The third kappa shape index (κ3) is 5.55. The van der Waals surface area contributed by atoms with E-state index in [1.807, 2.05) is 0 Å². The number of hydrogen-bond donors (Lipinski definition) is 10. The van der Waals surface area contributed by atoms with Crippen LogP contribution in [0, 0.1) is 0 Å². The Morgan fingerprint density at radius 2 is 1.51 bits per heavy atom. The van der Waals surface area contributed by atoms with E-state index in [-0.39, 0.29) is 16.9 Å². The summed E-state index contributed by atoms with van der Waals surface area (Å²) in [5, 5.41) is 101. The number of fused-ring (bicyclic) bond motifs is 1. The number of benzene rings is 2. The fourth-order valence-corrected chi connectivity index (χ4v) is 4.92. The van der Waals surface area contributed by atoms with Crippen LogP contribution in [-0.2, 0) is 14.2 Å². The maximum atomic E-state index is 13.7. The van der Waals surface area contributed by atoms with Gasteiger partial charge in [0.15, 0.2) is 29.7 Å². The molecule has 2 saturated heterocycles. The van der Waals surface area contributed by atoms with Crippen LogP contribution >= 0.6 is 0 Å². The number of aliphatic hydroxyl groups is 6. The minimum atomic E-state index is -1.91. The molecule has 2 fully saturated rings. The van der Waals surface area contributed by atoms with E-state index in [2.05, 4.69) is 0 Å². The maximum absolute atomic E-state index is 13.7. The molecule has 0 amide bonds. The Bertz CT molecular complexity index is 1540. The van der Waals surface area contributed by atoms with Crippen LogP contribution in [0.25, 0.3) is 22.3 Å². The summed E-state index contributed by atoms with van der Waals surface area (Å²) in [6.45, 7) is 0.582. The van der Waals surface area contributed by atoms with Crippen molar-refractivity contribution in [2.24, 2.45) is 0 Å². The molecule has 1 aromatic heterocycles. The number of aliphatic hydroxyl groups excluding tert-OH is 6. The van der Waals surface area contributed by atoms with Crippen LogP contribution in [0.1, 0.15) is 6.92 Å². The number of rotatable bonds is 6. The molecular weight excluding hydrogens is 580 g/mol. The Morgan fingerprint density at radius 3 is 2.19 bits per heavy atom. The first-order valence-corrected chi connectivity index (χ1v) is 13.0. The van der Waals surface area contributed by atoms with Crippen molar-refractivity contribution < 1.29 is 74.4 Å². The molecule has 2 aliphatic rings. The Hall–Kier alpha value is -3.71. The number of aromatic hydroxyl groups is 4. The smallest absolute Gasteiger partial charge is 0.239 e. The summed E-state index contributed by atoms with van der Waals surface area (Å²) in [7, 11) is 0. The lowest BCUT2D eigenvalue weighted by molar-refractivity contribution is -0.355. The Morgan fingerprint density at radius 1 is 0.791 bits per heavy atom. The molecule has 3 heterocycles. The molecule has 2 aromatic carbocycles. The number of phenolic OH excluding ortho intramolecular Hbond substituents is 4. The van der Waals surface area contributed by atoms with Gasteiger partial charge in [0, 0.05) is 17.7 Å². The van der Waals surface area contributed by atoms with Gasteiger partial charge in [0.05, 0.1) is 12.7 Å². The molecular formula is C27H30O16. The molecule has 0 bridgehead atoms. The SMILES string of the molecule is C[C@@H]1O[C@@H](Oc2c(-c3ccc(O)c(O)c3)oc3cc(O)cc(O)c3c2=O)[C@@H](O[C@H]2O[C@@H](CO)[C@@H](O)[C@H](O)[C@H]2O)[C@@H](O)[C@H]1O. The van der Waals surface area contributed by atoms with Gasteiger partial charge >= 0.3 is 0 Å². The monoisotopic (exact) mass is 610 g/mol. The average Bonchev–Trinajstić information content (AvgIpc) is 2.96. The second-order valence-electron chi connectivity index (χ2n) is 10.2. The zero-order valence-corrected chi connectivity index (χ0v) is 22.3. The predicted octanol–water partition coefficient (Wildman–Crippen LogP) is -1.69. The topological polar surface area (TPSA) is 269 Å². The fourth-order valence-electron chi connectivity index (χ4n) is 4.92. The molecule has 0 spiro atoms. The lowest BCUT2D eigenvalue weighted by Gasteiger charge is -2.45. The van der Waals surface area contributed by atoms with Gasteiger partial charge in [0.1, 0.15) is 59.1 Å². The van der Waals surface area contributed by atoms with Gasteiger partial charge in [-0.1, -0.05) is 0 Å². The van der Waals surface area contributed by atoms with E-state index in [4.69, 9.17) is 23.4 Å². The second kappa shape index (κ2) is 11.8. The minimum Gasteiger partial charge on any atom is -0.508 e. The van der Waals surface area contributed by atoms with Crippen LogP contribution in [0.4, 0.5) is 0 Å². The van der Waals surface area contributed by atoms with Crippen LogP contribution in [0.2, 0.25) is 0 Å². The van der Waals surface area contributed by atoms with Crippen LogP contribution in [0.3, 0.4) is 0 Å². The first-order chi connectivity index (χ1) is 20.3. The molecule has 43 heavy (non-hydrogen) atoms. The van der Waals surface area contributed by atoms with E-state index in [0.29, 0.717) is 0 Å². The summed E-state index contributed by atoms with van der Waals surface area (Å²) in [5.41, 5.74) is -1.33. The Labute approximate surface area is 241 Å². The lowest BCUT2D eigenvalue weighted by Crippen LogP contribution is -2.64. The summed E-state index contributed by atoms with van der Waals surface area (Å²) < 4.78 is 28.3. The highest BCUT2D eigenvalue weighted by atomic mass is 16.8. The quantitative estimate of drug-likeness (QED) is 0.140. The summed E-state index contributed by atoms with van der Waals surface area (Å²) in [6, 6.07) is 5.27. The highest BCUT2D eigenvalue weighted by Crippen LogP contribution is 2.40. The van der Waals surface area contributed by atoms with Crippen LogP contribution in [0.15, 0.2) is 39.5 Å². The largest absolute Gasteiger partial charge is 0.508 e. The third-order valence-corrected chi connectivity index (χ3v) is 7.31. The Balaban J connectivity index is 1.60. The maximum Gasteiger partial charge on any atom is 0.239 e. The molecule has 0 unspecified atom stereocenters. The second-order valence-corrected chi connectivity index (χ2v) is 10.2. The van der Waals surface area contributed by atoms with Crippen LogP contribution in [-0.4, -0.2) is 119 Å². The van der Waals surface area contributed by atoms with E-state index in [0.717, 1.165) is 24.3 Å². The first kappa shape index (κ1) is 30.7. The van der Waals surface area contributed by atoms with Gasteiger partial charge in [-0.25, -0.2) is 0 Å². The van der Waals surface area contributed by atoms with E-state index in [1.54, 1.807) is 0 Å². The molecule has 10 N–H and O–H groups in total. The molecule has 16 nitrogen and oxygen atoms in total. The molecule has 5 rings (SSSR count). The van der Waals surface area contributed by atoms with Crippen molar-refractivity contribution in [3.05, 3.63) is 40.6 Å². The van der Waals surface area contributed by atoms with E-state index >= 15 is 0 Å². The van der Waals surface area contributed by atoms with Gasteiger partial charge in [-0.05, 0) is 25.1 Å².